The van der Waals surface area contributed by atoms with Crippen molar-refractivity contribution >= 4 is 39.2 Å². The van der Waals surface area contributed by atoms with Gasteiger partial charge in [0.2, 0.25) is 0 Å². The van der Waals surface area contributed by atoms with Crippen LogP contribution in [0.4, 0.5) is 10.1 Å². The van der Waals surface area contributed by atoms with Crippen LogP contribution >= 0.6 is 27.5 Å². The highest BCUT2D eigenvalue weighted by molar-refractivity contribution is 9.10. The van der Waals surface area contributed by atoms with Gasteiger partial charge in [-0.2, -0.15) is 0 Å². The smallest absolute Gasteiger partial charge is 0.339 e. The van der Waals surface area contributed by atoms with Crippen LogP contribution in [0.1, 0.15) is 15.9 Å². The fourth-order valence-electron chi connectivity index (χ4n) is 1.76. The first kappa shape index (κ1) is 15.8. The minimum Gasteiger partial charge on any atom is -0.465 e. The lowest BCUT2D eigenvalue weighted by molar-refractivity contribution is 0.0601. The van der Waals surface area contributed by atoms with Gasteiger partial charge in [-0.25, -0.2) is 9.18 Å². The Balaban J connectivity index is 2.13. The van der Waals surface area contributed by atoms with E-state index in [9.17, 15) is 9.18 Å². The van der Waals surface area contributed by atoms with Crippen LogP contribution in [0.25, 0.3) is 0 Å². The number of benzene rings is 2. The van der Waals surface area contributed by atoms with E-state index >= 15 is 0 Å². The molecule has 2 rings (SSSR count). The predicted molar refractivity (Wildman–Crippen MR) is 84.2 cm³/mol. The standard InChI is InChI=1S/C15H12BrClFNO2/c1-21-15(20)11-7-10(3-5-13(11)17)19-8-9-2-4-12(16)14(18)6-9/h2-7,19H,8H2,1H3. The normalized spacial score (nSPS) is 10.3. The van der Waals surface area contributed by atoms with E-state index in [1.54, 1.807) is 30.3 Å². The number of carbonyl (C=O) groups excluding carboxylic acids is 1. The van der Waals surface area contributed by atoms with Gasteiger partial charge < -0.3 is 10.1 Å². The zero-order chi connectivity index (χ0) is 15.4. The lowest BCUT2D eigenvalue weighted by Gasteiger charge is -2.09. The van der Waals surface area contributed by atoms with E-state index in [2.05, 4.69) is 26.0 Å². The molecular weight excluding hydrogens is 361 g/mol. The van der Waals surface area contributed by atoms with Crippen molar-refractivity contribution in [2.75, 3.05) is 12.4 Å². The van der Waals surface area contributed by atoms with Crippen LogP contribution in [0.3, 0.4) is 0 Å². The number of halogens is 3. The summed E-state index contributed by atoms with van der Waals surface area (Å²) in [6, 6.07) is 9.84. The van der Waals surface area contributed by atoms with E-state index in [1.807, 2.05) is 0 Å². The molecule has 0 aliphatic rings. The summed E-state index contributed by atoms with van der Waals surface area (Å²) in [6.45, 7) is 0.423. The second-order valence-electron chi connectivity index (χ2n) is 4.29. The fourth-order valence-corrected chi connectivity index (χ4v) is 2.20. The maximum atomic E-state index is 13.4. The molecule has 0 fully saturated rings. The highest BCUT2D eigenvalue weighted by atomic mass is 79.9. The summed E-state index contributed by atoms with van der Waals surface area (Å²) in [5, 5.41) is 3.43. The maximum Gasteiger partial charge on any atom is 0.339 e. The first-order valence-electron chi connectivity index (χ1n) is 6.07. The Bertz CT molecular complexity index is 679. The van der Waals surface area contributed by atoms with Gasteiger partial charge >= 0.3 is 5.97 Å². The zero-order valence-electron chi connectivity index (χ0n) is 11.1. The second kappa shape index (κ2) is 6.91. The SMILES string of the molecule is COC(=O)c1cc(NCc2ccc(Br)c(F)c2)ccc1Cl. The number of methoxy groups -OCH3 is 1. The summed E-state index contributed by atoms with van der Waals surface area (Å²) in [5.41, 5.74) is 1.76. The number of anilines is 1. The molecule has 0 heterocycles. The van der Waals surface area contributed by atoms with Gasteiger partial charge in [0.15, 0.2) is 0 Å². The summed E-state index contributed by atoms with van der Waals surface area (Å²) in [4.78, 5) is 11.6. The largest absolute Gasteiger partial charge is 0.465 e. The molecule has 0 spiro atoms. The Morgan fingerprint density at radius 2 is 2.10 bits per heavy atom. The number of esters is 1. The summed E-state index contributed by atoms with van der Waals surface area (Å²) in [5.74, 6) is -0.820. The van der Waals surface area contributed by atoms with Crippen LogP contribution in [0, 0.1) is 5.82 Å². The first-order valence-corrected chi connectivity index (χ1v) is 7.24. The Labute approximate surface area is 135 Å². The molecule has 0 bridgehead atoms. The van der Waals surface area contributed by atoms with Gasteiger partial charge in [-0.15, -0.1) is 0 Å². The van der Waals surface area contributed by atoms with E-state index in [1.165, 1.54) is 13.2 Å². The molecule has 2 aromatic rings. The topological polar surface area (TPSA) is 38.3 Å². The molecular formula is C15H12BrClFNO2. The molecule has 0 saturated heterocycles. The number of ether oxygens (including phenoxy) is 1. The zero-order valence-corrected chi connectivity index (χ0v) is 13.5. The molecule has 0 radical (unpaired) electrons. The van der Waals surface area contributed by atoms with Crippen LogP contribution in [0.15, 0.2) is 40.9 Å². The fraction of sp³-hybridized carbons (Fsp3) is 0.133. The molecule has 6 heteroatoms. The Morgan fingerprint density at radius 1 is 1.33 bits per heavy atom. The number of rotatable bonds is 4. The monoisotopic (exact) mass is 371 g/mol. The van der Waals surface area contributed by atoms with Gasteiger partial charge in [0, 0.05) is 12.2 Å². The predicted octanol–water partition coefficient (Wildman–Crippen LogP) is 4.64. The Morgan fingerprint density at radius 3 is 2.76 bits per heavy atom. The molecule has 0 amide bonds. The van der Waals surface area contributed by atoms with Gasteiger partial charge in [0.1, 0.15) is 5.82 Å². The van der Waals surface area contributed by atoms with Gasteiger partial charge in [-0.3, -0.25) is 0 Å². The van der Waals surface area contributed by atoms with E-state index in [4.69, 9.17) is 11.6 Å². The van der Waals surface area contributed by atoms with E-state index in [0.29, 0.717) is 21.7 Å². The van der Waals surface area contributed by atoms with Crippen LogP contribution in [-0.4, -0.2) is 13.1 Å². The first-order chi connectivity index (χ1) is 10.0. The third-order valence-corrected chi connectivity index (χ3v) is 3.83. The number of hydrogen-bond donors (Lipinski definition) is 1. The molecule has 0 aliphatic heterocycles. The lowest BCUT2D eigenvalue weighted by atomic mass is 10.2. The average molecular weight is 373 g/mol. The lowest BCUT2D eigenvalue weighted by Crippen LogP contribution is -2.05. The summed E-state index contributed by atoms with van der Waals surface area (Å²) >= 11 is 9.05. The van der Waals surface area contributed by atoms with Crippen molar-refractivity contribution in [2.45, 2.75) is 6.54 Å². The van der Waals surface area contributed by atoms with E-state index in [0.717, 1.165) is 5.56 Å². The summed E-state index contributed by atoms with van der Waals surface area (Å²) in [6.07, 6.45) is 0. The van der Waals surface area contributed by atoms with E-state index < -0.39 is 5.97 Å². The van der Waals surface area contributed by atoms with Crippen LogP contribution < -0.4 is 5.32 Å². The van der Waals surface area contributed by atoms with Gasteiger partial charge in [0.05, 0.1) is 22.2 Å². The minimum absolute atomic E-state index is 0.283. The molecule has 21 heavy (non-hydrogen) atoms. The third-order valence-electron chi connectivity index (χ3n) is 2.85. The highest BCUT2D eigenvalue weighted by Crippen LogP contribution is 2.22. The molecule has 0 atom stereocenters. The van der Waals surface area contributed by atoms with Gasteiger partial charge in [-0.05, 0) is 51.8 Å². The molecule has 110 valence electrons. The number of carbonyl (C=O) groups is 1. The molecule has 3 nitrogen and oxygen atoms in total. The number of nitrogens with one attached hydrogen (secondary N) is 1. The molecule has 0 aromatic heterocycles. The molecule has 2 aromatic carbocycles. The van der Waals surface area contributed by atoms with Crippen LogP contribution in [-0.2, 0) is 11.3 Å². The van der Waals surface area contributed by atoms with Crippen molar-refractivity contribution in [3.8, 4) is 0 Å². The van der Waals surface area contributed by atoms with Crippen molar-refractivity contribution in [2.24, 2.45) is 0 Å². The van der Waals surface area contributed by atoms with Crippen molar-refractivity contribution in [3.63, 3.8) is 0 Å². The number of hydrogen-bond acceptors (Lipinski definition) is 3. The highest BCUT2D eigenvalue weighted by Gasteiger charge is 2.11. The summed E-state index contributed by atoms with van der Waals surface area (Å²) in [7, 11) is 1.30. The quantitative estimate of drug-likeness (QED) is 0.795. The molecule has 0 saturated carbocycles. The average Bonchev–Trinajstić information content (AvgIpc) is 2.49. The van der Waals surface area contributed by atoms with Gasteiger partial charge in [0.25, 0.3) is 0 Å². The van der Waals surface area contributed by atoms with Gasteiger partial charge in [-0.1, -0.05) is 17.7 Å². The summed E-state index contributed by atoms with van der Waals surface area (Å²) < 4.78 is 18.5. The molecule has 0 unspecified atom stereocenters. The third kappa shape index (κ3) is 3.95. The van der Waals surface area contributed by atoms with Crippen molar-refractivity contribution < 1.29 is 13.9 Å². The second-order valence-corrected chi connectivity index (χ2v) is 5.55. The van der Waals surface area contributed by atoms with Crippen molar-refractivity contribution in [1.29, 1.82) is 0 Å². The molecule has 0 aliphatic carbocycles. The van der Waals surface area contributed by atoms with Crippen LogP contribution in [0.2, 0.25) is 5.02 Å². The van der Waals surface area contributed by atoms with Crippen molar-refractivity contribution in [3.05, 3.63) is 62.8 Å². The van der Waals surface area contributed by atoms with Crippen molar-refractivity contribution in [1.82, 2.24) is 0 Å². The van der Waals surface area contributed by atoms with E-state index in [-0.39, 0.29) is 11.4 Å². The minimum atomic E-state index is -0.502. The van der Waals surface area contributed by atoms with Crippen LogP contribution in [0.5, 0.6) is 0 Å². The Hall–Kier alpha value is -1.59. The Kier molecular flexibility index (Phi) is 5.20. The molecule has 1 N–H and O–H groups in total. The maximum absolute atomic E-state index is 13.4.